The number of pyridine rings is 1. The van der Waals surface area contributed by atoms with E-state index in [-0.39, 0.29) is 0 Å². The van der Waals surface area contributed by atoms with Crippen LogP contribution in [0.15, 0.2) is 30.3 Å². The summed E-state index contributed by atoms with van der Waals surface area (Å²) in [6, 6.07) is 10.1. The number of nitrogens with zero attached hydrogens (tertiary/aromatic N) is 1. The van der Waals surface area contributed by atoms with Gasteiger partial charge in [-0.3, -0.25) is 0 Å². The summed E-state index contributed by atoms with van der Waals surface area (Å²) >= 11 is 0. The van der Waals surface area contributed by atoms with E-state index in [1.54, 1.807) is 7.11 Å². The third-order valence-corrected chi connectivity index (χ3v) is 2.03. The van der Waals surface area contributed by atoms with E-state index in [0.717, 1.165) is 10.9 Å². The van der Waals surface area contributed by atoms with E-state index in [1.165, 1.54) is 5.56 Å². The van der Waals surface area contributed by atoms with Gasteiger partial charge in [-0.2, -0.15) is 0 Å². The second kappa shape index (κ2) is 5.35. The molecule has 1 heterocycles. The molecule has 0 saturated carbocycles. The van der Waals surface area contributed by atoms with Gasteiger partial charge in [0.25, 0.3) is 0 Å². The number of methoxy groups -OCH3 is 1. The first-order valence-electron chi connectivity index (χ1n) is 5.21. The van der Waals surface area contributed by atoms with Crippen molar-refractivity contribution in [3.8, 4) is 5.88 Å². The van der Waals surface area contributed by atoms with Crippen LogP contribution in [0.5, 0.6) is 5.88 Å². The lowest BCUT2D eigenvalue weighted by molar-refractivity contribution is 0.399. The first-order valence-corrected chi connectivity index (χ1v) is 5.21. The molecule has 2 rings (SSSR count). The lowest BCUT2D eigenvalue weighted by Crippen LogP contribution is -1.87. The van der Waals surface area contributed by atoms with Crippen LogP contribution in [0.2, 0.25) is 0 Å². The minimum absolute atomic E-state index is 0.663. The quantitative estimate of drug-likeness (QED) is 0.706. The Morgan fingerprint density at radius 3 is 2.47 bits per heavy atom. The molecule has 0 fully saturated rings. The molecule has 0 amide bonds. The Morgan fingerprint density at radius 2 is 1.80 bits per heavy atom. The minimum atomic E-state index is 0.663. The fourth-order valence-corrected chi connectivity index (χ4v) is 1.34. The molecule has 1 aromatic heterocycles. The van der Waals surface area contributed by atoms with Crippen LogP contribution < -0.4 is 4.74 Å². The minimum Gasteiger partial charge on any atom is -0.481 e. The van der Waals surface area contributed by atoms with Gasteiger partial charge in [-0.05, 0) is 25.1 Å². The third kappa shape index (κ3) is 2.69. The summed E-state index contributed by atoms with van der Waals surface area (Å²) in [6.07, 6.45) is 0. The zero-order valence-electron chi connectivity index (χ0n) is 9.74. The second-order valence-electron chi connectivity index (χ2n) is 3.05. The maximum atomic E-state index is 5.04. The molecule has 1 aromatic carbocycles. The average molecular weight is 203 g/mol. The monoisotopic (exact) mass is 203 g/mol. The van der Waals surface area contributed by atoms with Gasteiger partial charge in [0.05, 0.1) is 12.6 Å². The van der Waals surface area contributed by atoms with Gasteiger partial charge >= 0.3 is 0 Å². The van der Waals surface area contributed by atoms with Gasteiger partial charge in [0.15, 0.2) is 0 Å². The van der Waals surface area contributed by atoms with Crippen LogP contribution in [0.4, 0.5) is 0 Å². The fraction of sp³-hybridized carbons (Fsp3) is 0.308. The van der Waals surface area contributed by atoms with Gasteiger partial charge in [0.2, 0.25) is 5.88 Å². The van der Waals surface area contributed by atoms with E-state index in [0.29, 0.717) is 5.88 Å². The van der Waals surface area contributed by atoms with Crippen LogP contribution >= 0.6 is 0 Å². The Labute approximate surface area is 90.9 Å². The van der Waals surface area contributed by atoms with Crippen LogP contribution in [-0.2, 0) is 0 Å². The number of benzene rings is 1. The predicted octanol–water partition coefficient (Wildman–Crippen LogP) is 3.58. The molecule has 2 aromatic rings. The molecular weight excluding hydrogens is 186 g/mol. The maximum absolute atomic E-state index is 5.04. The third-order valence-electron chi connectivity index (χ3n) is 2.03. The molecule has 80 valence electrons. The standard InChI is InChI=1S/C11H11NO.C2H6/c1-8-3-5-10-9(7-8)4-6-11(12-10)13-2;1-2/h3-7H,1-2H3;1-2H3. The molecule has 0 saturated heterocycles. The van der Waals surface area contributed by atoms with Crippen LogP contribution in [-0.4, -0.2) is 12.1 Å². The molecule has 0 unspecified atom stereocenters. The van der Waals surface area contributed by atoms with Gasteiger partial charge in [-0.15, -0.1) is 0 Å². The van der Waals surface area contributed by atoms with Crippen LogP contribution in [0, 0.1) is 6.92 Å². The zero-order valence-corrected chi connectivity index (χ0v) is 9.74. The summed E-state index contributed by atoms with van der Waals surface area (Å²) < 4.78 is 5.04. The van der Waals surface area contributed by atoms with E-state index in [1.807, 2.05) is 32.0 Å². The SMILES string of the molecule is CC.COc1ccc2cc(C)ccc2n1. The predicted molar refractivity (Wildman–Crippen MR) is 64.4 cm³/mol. The smallest absolute Gasteiger partial charge is 0.213 e. The van der Waals surface area contributed by atoms with Gasteiger partial charge in [-0.25, -0.2) is 4.98 Å². The fourth-order valence-electron chi connectivity index (χ4n) is 1.34. The molecular formula is C13H17NO. The van der Waals surface area contributed by atoms with Crippen molar-refractivity contribution in [3.05, 3.63) is 35.9 Å². The number of hydrogen-bond acceptors (Lipinski definition) is 2. The van der Waals surface area contributed by atoms with E-state index in [9.17, 15) is 0 Å². The molecule has 0 aliphatic heterocycles. The molecule has 0 bridgehead atoms. The highest BCUT2D eigenvalue weighted by molar-refractivity contribution is 5.79. The van der Waals surface area contributed by atoms with Crippen molar-refractivity contribution >= 4 is 10.9 Å². The maximum Gasteiger partial charge on any atom is 0.213 e. The molecule has 15 heavy (non-hydrogen) atoms. The highest BCUT2D eigenvalue weighted by atomic mass is 16.5. The van der Waals surface area contributed by atoms with Crippen molar-refractivity contribution in [3.63, 3.8) is 0 Å². The molecule has 0 radical (unpaired) electrons. The Bertz CT molecular complexity index is 437. The van der Waals surface area contributed by atoms with Crippen molar-refractivity contribution in [1.82, 2.24) is 4.98 Å². The number of aryl methyl sites for hydroxylation is 1. The Morgan fingerprint density at radius 1 is 1.07 bits per heavy atom. The summed E-state index contributed by atoms with van der Waals surface area (Å²) in [4.78, 5) is 4.31. The van der Waals surface area contributed by atoms with Crippen molar-refractivity contribution in [2.75, 3.05) is 7.11 Å². The number of fused-ring (bicyclic) bond motifs is 1. The van der Waals surface area contributed by atoms with Gasteiger partial charge in [0.1, 0.15) is 0 Å². The molecule has 0 N–H and O–H groups in total. The molecule has 2 nitrogen and oxygen atoms in total. The van der Waals surface area contributed by atoms with Crippen molar-refractivity contribution < 1.29 is 4.74 Å². The lowest BCUT2D eigenvalue weighted by Gasteiger charge is -2.01. The highest BCUT2D eigenvalue weighted by Gasteiger charge is 1.97. The summed E-state index contributed by atoms with van der Waals surface area (Å²) in [5, 5.41) is 1.15. The van der Waals surface area contributed by atoms with Crippen LogP contribution in [0.25, 0.3) is 10.9 Å². The second-order valence-corrected chi connectivity index (χ2v) is 3.05. The number of hydrogen-bond donors (Lipinski definition) is 0. The summed E-state index contributed by atoms with van der Waals surface area (Å²) in [6.45, 7) is 6.07. The zero-order chi connectivity index (χ0) is 11.3. The van der Waals surface area contributed by atoms with Crippen LogP contribution in [0.3, 0.4) is 0 Å². The van der Waals surface area contributed by atoms with E-state index >= 15 is 0 Å². The first kappa shape index (κ1) is 11.5. The van der Waals surface area contributed by atoms with Gasteiger partial charge in [0, 0.05) is 11.5 Å². The number of aromatic nitrogens is 1. The summed E-state index contributed by atoms with van der Waals surface area (Å²) in [5.74, 6) is 0.663. The summed E-state index contributed by atoms with van der Waals surface area (Å²) in [7, 11) is 1.63. The number of rotatable bonds is 1. The van der Waals surface area contributed by atoms with Gasteiger partial charge in [-0.1, -0.05) is 25.5 Å². The normalized spacial score (nSPS) is 9.33. The van der Waals surface area contributed by atoms with Crippen molar-refractivity contribution in [2.45, 2.75) is 20.8 Å². The van der Waals surface area contributed by atoms with Crippen molar-refractivity contribution in [1.29, 1.82) is 0 Å². The Balaban J connectivity index is 0.000000531. The molecule has 0 spiro atoms. The lowest BCUT2D eigenvalue weighted by atomic mass is 10.1. The Kier molecular flexibility index (Phi) is 4.10. The molecule has 0 atom stereocenters. The highest BCUT2D eigenvalue weighted by Crippen LogP contribution is 2.17. The molecule has 0 aliphatic rings. The van der Waals surface area contributed by atoms with Gasteiger partial charge < -0.3 is 4.74 Å². The van der Waals surface area contributed by atoms with Crippen LogP contribution in [0.1, 0.15) is 19.4 Å². The van der Waals surface area contributed by atoms with Crippen molar-refractivity contribution in [2.24, 2.45) is 0 Å². The largest absolute Gasteiger partial charge is 0.481 e. The topological polar surface area (TPSA) is 22.1 Å². The van der Waals surface area contributed by atoms with E-state index in [2.05, 4.69) is 24.0 Å². The molecule has 2 heteroatoms. The first-order chi connectivity index (χ1) is 7.29. The average Bonchev–Trinajstić information content (AvgIpc) is 2.31. The molecule has 0 aliphatic carbocycles. The van der Waals surface area contributed by atoms with E-state index < -0.39 is 0 Å². The summed E-state index contributed by atoms with van der Waals surface area (Å²) in [5.41, 5.74) is 2.23. The number of ether oxygens (including phenoxy) is 1. The van der Waals surface area contributed by atoms with E-state index in [4.69, 9.17) is 4.74 Å². The Hall–Kier alpha value is -1.57.